The molecule has 6 nitrogen and oxygen atoms in total. The Kier molecular flexibility index (Phi) is 31.1. The van der Waals surface area contributed by atoms with E-state index < -0.39 is 43.5 Å². The van der Waals surface area contributed by atoms with Crippen LogP contribution >= 0.6 is 0 Å². The van der Waals surface area contributed by atoms with Crippen molar-refractivity contribution < 1.29 is 118 Å². The smallest absolute Gasteiger partial charge is 0.488 e. The number of halogens is 24. The Morgan fingerprint density at radius 3 is 1.14 bits per heavy atom. The van der Waals surface area contributed by atoms with Gasteiger partial charge in [0.2, 0.25) is 0 Å². The topological polar surface area (TPSA) is 78.5 Å². The van der Waals surface area contributed by atoms with Crippen LogP contribution in [-0.4, -0.2) is 81.5 Å². The zero-order valence-electron chi connectivity index (χ0n) is 28.8. The summed E-state index contributed by atoms with van der Waals surface area (Å²) in [6.45, 7) is 9.58. The van der Waals surface area contributed by atoms with E-state index in [1.807, 2.05) is 6.07 Å². The summed E-state index contributed by atoms with van der Waals surface area (Å²) >= 11 is 0. The van der Waals surface area contributed by atoms with E-state index in [1.54, 1.807) is 0 Å². The maximum Gasteiger partial charge on any atom is 0.673 e. The highest BCUT2D eigenvalue weighted by Crippen LogP contribution is 2.36. The normalized spacial score (nSPS) is 15.1. The van der Waals surface area contributed by atoms with Gasteiger partial charge in [-0.25, -0.2) is 0 Å². The van der Waals surface area contributed by atoms with Crippen molar-refractivity contribution in [2.45, 2.75) is 64.6 Å². The van der Waals surface area contributed by atoms with Gasteiger partial charge in [0.1, 0.15) is 17.1 Å². The van der Waals surface area contributed by atoms with Crippen molar-refractivity contribution in [3.63, 3.8) is 0 Å². The van der Waals surface area contributed by atoms with Crippen molar-refractivity contribution in [1.82, 2.24) is 0 Å². The van der Waals surface area contributed by atoms with E-state index in [9.17, 15) is 104 Å². The number of ether oxygens (including phenoxy) is 3. The van der Waals surface area contributed by atoms with Gasteiger partial charge >= 0.3 is 43.5 Å². The molecule has 0 aromatic heterocycles. The van der Waals surface area contributed by atoms with Gasteiger partial charge in [-0.05, 0) is 58.6 Å². The molecule has 0 amide bonds. The highest BCUT2D eigenvalue weighted by atomic mass is 19.5. The van der Waals surface area contributed by atoms with E-state index in [-0.39, 0.29) is 5.60 Å². The summed E-state index contributed by atoms with van der Waals surface area (Å²) in [5.41, 5.74) is 0.944. The lowest BCUT2D eigenvalue weighted by atomic mass is 9.98. The van der Waals surface area contributed by atoms with Crippen LogP contribution in [0.2, 0.25) is 0 Å². The minimum atomic E-state index is -6.00. The summed E-state index contributed by atoms with van der Waals surface area (Å²) in [7, 11) is -36.0. The minimum absolute atomic E-state index is 0.200. The van der Waals surface area contributed by atoms with Gasteiger partial charge < -0.3 is 123 Å². The second-order valence-corrected chi connectivity index (χ2v) is 10.8. The van der Waals surface area contributed by atoms with Gasteiger partial charge in [-0.3, -0.25) is 0 Å². The Balaban J connectivity index is -0.000000221. The van der Waals surface area contributed by atoms with Gasteiger partial charge in [0.05, 0.1) is 25.0 Å². The predicted molar refractivity (Wildman–Crippen MR) is 162 cm³/mol. The van der Waals surface area contributed by atoms with Crippen LogP contribution in [0.25, 0.3) is 0 Å². The van der Waals surface area contributed by atoms with Gasteiger partial charge in [0, 0.05) is 29.9 Å². The van der Waals surface area contributed by atoms with Crippen LogP contribution in [0.4, 0.5) is 109 Å². The molecule has 0 N–H and O–H groups in total. The molecule has 36 heteroatoms. The summed E-state index contributed by atoms with van der Waals surface area (Å²) in [4.78, 5) is 2.36. The number of rotatable bonds is 4. The first-order chi connectivity index (χ1) is 24.5. The lowest BCUT2D eigenvalue weighted by Crippen LogP contribution is -2.36. The molecule has 1 heterocycles. The highest BCUT2D eigenvalue weighted by molar-refractivity contribution is 6.51. The van der Waals surface area contributed by atoms with Crippen molar-refractivity contribution in [1.29, 1.82) is 10.8 Å². The molecule has 0 atom stereocenters. The zero-order chi connectivity index (χ0) is 46.0. The average molecular weight is 882 g/mol. The summed E-state index contributed by atoms with van der Waals surface area (Å²) in [5, 5.41) is 12.0. The van der Waals surface area contributed by atoms with E-state index in [0.717, 1.165) is 43.5 Å². The SMILES string of the molecule is CC(C)(C)Oc1ccc(OC2CCCCC2)c(N2CCOCC2)c1.F[B-](F)(F)F.F[B-](F)(F)F.F[B-](F)(F)F.F[B-](F)(F)F.F[B-](F)(F)F.F[B-](F)(F)F.N#N. The van der Waals surface area contributed by atoms with E-state index in [0.29, 0.717) is 6.10 Å². The highest BCUT2D eigenvalue weighted by Gasteiger charge is 2.24. The van der Waals surface area contributed by atoms with Crippen LogP contribution in [0.3, 0.4) is 0 Å². The van der Waals surface area contributed by atoms with Crippen LogP contribution < -0.4 is 14.4 Å². The third kappa shape index (κ3) is 83.6. The van der Waals surface area contributed by atoms with Crippen LogP contribution in [-0.2, 0) is 4.74 Å². The third-order valence-corrected chi connectivity index (χ3v) is 4.55. The molecule has 2 fully saturated rings. The Labute approximate surface area is 304 Å². The van der Waals surface area contributed by atoms with Crippen molar-refractivity contribution >= 4 is 49.2 Å². The fraction of sp³-hybridized carbons (Fsp3) is 0.700. The molecule has 1 aliphatic carbocycles. The molecule has 1 saturated carbocycles. The minimum Gasteiger partial charge on any atom is -0.488 e. The van der Waals surface area contributed by atoms with E-state index >= 15 is 0 Å². The number of nitrogens with zero attached hydrogens (tertiary/aromatic N) is 3. The molecular weight excluding hydrogens is 851 g/mol. The Bertz CT molecular complexity index is 1010. The van der Waals surface area contributed by atoms with Crippen LogP contribution in [0.15, 0.2) is 18.2 Å². The number of morpholine rings is 1. The molecule has 56 heavy (non-hydrogen) atoms. The van der Waals surface area contributed by atoms with Crippen LogP contribution in [0, 0.1) is 10.8 Å². The second-order valence-electron chi connectivity index (χ2n) is 10.8. The van der Waals surface area contributed by atoms with Gasteiger partial charge in [-0.15, -0.1) is 0 Å². The molecule has 0 radical (unpaired) electrons. The summed E-state index contributed by atoms with van der Waals surface area (Å²) in [6, 6.07) is 6.25. The third-order valence-electron chi connectivity index (χ3n) is 4.55. The first kappa shape index (κ1) is 61.9. The fourth-order valence-electron chi connectivity index (χ4n) is 3.43. The van der Waals surface area contributed by atoms with Crippen LogP contribution in [0.1, 0.15) is 52.9 Å². The average Bonchev–Trinajstić information content (AvgIpc) is 2.90. The predicted octanol–water partition coefficient (Wildman–Crippen LogP) is 12.2. The van der Waals surface area contributed by atoms with Crippen LogP contribution in [0.5, 0.6) is 11.5 Å². The van der Waals surface area contributed by atoms with Gasteiger partial charge in [-0.1, -0.05) is 6.42 Å². The van der Waals surface area contributed by atoms with E-state index in [2.05, 4.69) is 37.8 Å². The maximum atomic E-state index is 9.75. The molecular formula is C20H31B6F24N3O3-6. The molecule has 336 valence electrons. The second kappa shape index (κ2) is 28.2. The molecule has 0 spiro atoms. The Hall–Kier alpha value is -3.29. The molecule has 1 aliphatic heterocycles. The largest absolute Gasteiger partial charge is 0.673 e. The molecule has 0 bridgehead atoms. The first-order valence-corrected chi connectivity index (χ1v) is 14.8. The van der Waals surface area contributed by atoms with Crippen molar-refractivity contribution in [3.8, 4) is 11.5 Å². The standard InChI is InChI=1S/C20H31NO3.6BF4.N2/c1-20(2,3)24-17-9-10-19(23-16-7-5-4-6-8-16)18(15-17)21-11-13-22-14-12-21;6*2-1(3,4)5;1-2/h9-10,15-16H,4-8,11-14H2,1-3H3;;;;;;;/q;6*-1;. The zero-order valence-corrected chi connectivity index (χ0v) is 28.8. The summed E-state index contributed by atoms with van der Waals surface area (Å²) in [5.74, 6) is 1.89. The fourth-order valence-corrected chi connectivity index (χ4v) is 3.43. The van der Waals surface area contributed by atoms with Crippen molar-refractivity contribution in [2.24, 2.45) is 0 Å². The maximum absolute atomic E-state index is 9.75. The summed E-state index contributed by atoms with van der Waals surface area (Å²) in [6.07, 6.45) is 6.60. The van der Waals surface area contributed by atoms with Gasteiger partial charge in [0.25, 0.3) is 0 Å². The number of anilines is 1. The number of hydrogen-bond donors (Lipinski definition) is 0. The van der Waals surface area contributed by atoms with Gasteiger partial charge in [0.15, 0.2) is 0 Å². The van der Waals surface area contributed by atoms with Crippen molar-refractivity contribution in [3.05, 3.63) is 18.2 Å². The Morgan fingerprint density at radius 2 is 0.857 bits per heavy atom. The molecule has 1 saturated heterocycles. The Morgan fingerprint density at radius 1 is 0.554 bits per heavy atom. The number of benzene rings is 1. The molecule has 0 unspecified atom stereocenters. The quantitative estimate of drug-likeness (QED) is 0.170. The van der Waals surface area contributed by atoms with E-state index in [1.165, 1.54) is 32.1 Å². The van der Waals surface area contributed by atoms with Gasteiger partial charge in [-0.2, -0.15) is 0 Å². The number of hydrogen-bond acceptors (Lipinski definition) is 6. The lowest BCUT2D eigenvalue weighted by molar-refractivity contribution is 0.120. The molecule has 2 aliphatic rings. The molecule has 3 rings (SSSR count). The van der Waals surface area contributed by atoms with E-state index in [4.69, 9.17) is 25.0 Å². The monoisotopic (exact) mass is 883 g/mol. The first-order valence-electron chi connectivity index (χ1n) is 14.8. The molecule has 1 aromatic rings. The summed E-state index contributed by atoms with van der Waals surface area (Å²) < 4.78 is 252. The van der Waals surface area contributed by atoms with Crippen molar-refractivity contribution in [2.75, 3.05) is 31.2 Å². The lowest BCUT2D eigenvalue weighted by Gasteiger charge is -2.33. The molecule has 1 aromatic carbocycles.